The average Bonchev–Trinajstić information content (AvgIpc) is 3.65. The van der Waals surface area contributed by atoms with Gasteiger partial charge in [-0.1, -0.05) is 23.9 Å². The van der Waals surface area contributed by atoms with Gasteiger partial charge in [0.05, 0.1) is 25.1 Å². The van der Waals surface area contributed by atoms with E-state index in [1.165, 1.54) is 12.7 Å². The summed E-state index contributed by atoms with van der Waals surface area (Å²) in [5.41, 5.74) is 11.5. The summed E-state index contributed by atoms with van der Waals surface area (Å²) in [7, 11) is 1.55. The summed E-state index contributed by atoms with van der Waals surface area (Å²) in [6, 6.07) is 0. The van der Waals surface area contributed by atoms with Crippen LogP contribution in [0, 0.1) is 5.92 Å². The number of fused-ring (bicyclic) bond motifs is 3. The van der Waals surface area contributed by atoms with Crippen molar-refractivity contribution in [2.75, 3.05) is 25.2 Å². The number of anilines is 2. The number of thiol groups is 1. The van der Waals surface area contributed by atoms with Crippen molar-refractivity contribution in [3.8, 4) is 0 Å². The van der Waals surface area contributed by atoms with E-state index in [0.717, 1.165) is 4.68 Å². The molecule has 2 aliphatic heterocycles. The maximum Gasteiger partial charge on any atom is 0.388 e. The summed E-state index contributed by atoms with van der Waals surface area (Å²) < 4.78 is 60.5. The van der Waals surface area contributed by atoms with Crippen LogP contribution in [-0.2, 0) is 27.8 Å². The smallest absolute Gasteiger partial charge is 0.382 e. The van der Waals surface area contributed by atoms with Gasteiger partial charge in [-0.2, -0.15) is 9.67 Å². The second kappa shape index (κ2) is 11.7. The largest absolute Gasteiger partial charge is 0.388 e. The Bertz CT molecular complexity index is 1740. The molecule has 6 rings (SSSR count). The summed E-state index contributed by atoms with van der Waals surface area (Å²) in [6.07, 6.45) is -2.00. The number of hydrogen-bond donors (Lipinski definition) is 4. The molecule has 0 radical (unpaired) electrons. The summed E-state index contributed by atoms with van der Waals surface area (Å²) in [4.78, 5) is 31.1. The van der Waals surface area contributed by atoms with Crippen molar-refractivity contribution < 1.29 is 32.2 Å². The number of aromatic nitrogens is 9. The van der Waals surface area contributed by atoms with Crippen LogP contribution in [0.25, 0.3) is 22.3 Å². The van der Waals surface area contributed by atoms with Crippen molar-refractivity contribution in [1.29, 1.82) is 0 Å². The van der Waals surface area contributed by atoms with Gasteiger partial charge < -0.3 is 25.7 Å². The molecule has 232 valence electrons. The van der Waals surface area contributed by atoms with Gasteiger partial charge >= 0.3 is 6.80 Å². The monoisotopic (exact) mass is 641 g/mol. The Labute approximate surface area is 247 Å². The van der Waals surface area contributed by atoms with Crippen molar-refractivity contribution in [3.05, 3.63) is 23.0 Å². The van der Waals surface area contributed by atoms with Crippen LogP contribution in [0.15, 0.2) is 17.4 Å². The molecule has 4 aromatic heterocycles. The zero-order valence-corrected chi connectivity index (χ0v) is 24.7. The van der Waals surface area contributed by atoms with E-state index in [-0.39, 0.29) is 35.5 Å². The van der Waals surface area contributed by atoms with Gasteiger partial charge in [0.25, 0.3) is 11.9 Å². The number of ether oxygens (including phenoxy) is 3. The van der Waals surface area contributed by atoms with Crippen LogP contribution in [-0.4, -0.2) is 82.9 Å². The standard InChI is InChI=1S/C22H29FN11O7PS/c1-9-4-3-5-10-11(40-20(14(10)37-2)33-8-28-12-16(24)26-7-27-17(12)33)6-38-42(36,43)41-15(23)21(39-9)34-18-13(31-32-34)19(35)30-22(25)29-18/h7-11,14-15,20-21H,3-6H2,1-2H3,(H,36,43)(H2,24,26,27)(H3,25,29,30,35)/t9-,10+,11+,14+,15-,20+,21+,42?/m0/s1. The molecule has 0 aromatic carbocycles. The van der Waals surface area contributed by atoms with E-state index in [2.05, 4.69) is 47.5 Å². The zero-order valence-electron chi connectivity index (χ0n) is 22.9. The van der Waals surface area contributed by atoms with Gasteiger partial charge in [-0.3, -0.25) is 23.4 Å². The van der Waals surface area contributed by atoms with E-state index < -0.39 is 49.5 Å². The highest BCUT2D eigenvalue weighted by atomic mass is 32.7. The van der Waals surface area contributed by atoms with Gasteiger partial charge in [0.15, 0.2) is 28.9 Å². The zero-order chi connectivity index (χ0) is 30.5. The van der Waals surface area contributed by atoms with Gasteiger partial charge in [-0.15, -0.1) is 5.10 Å². The number of halogens is 1. The van der Waals surface area contributed by atoms with Crippen LogP contribution in [0.4, 0.5) is 16.2 Å². The fraction of sp³-hybridized carbons (Fsp3) is 0.591. The highest BCUT2D eigenvalue weighted by Crippen LogP contribution is 2.56. The number of nitrogen functional groups attached to an aromatic ring is 2. The number of nitrogens with zero attached hydrogens (tertiary/aromatic N) is 8. The highest BCUT2D eigenvalue weighted by Gasteiger charge is 2.47. The summed E-state index contributed by atoms with van der Waals surface area (Å²) in [5, 5.41) is 7.60. The molecule has 0 amide bonds. The number of aromatic amines is 1. The molecule has 0 saturated carbocycles. The minimum absolute atomic E-state index is 0.153. The quantitative estimate of drug-likeness (QED) is 0.183. The molecule has 5 N–H and O–H groups in total. The first-order chi connectivity index (χ1) is 20.6. The van der Waals surface area contributed by atoms with E-state index >= 15 is 4.39 Å². The van der Waals surface area contributed by atoms with Crippen molar-refractivity contribution in [2.24, 2.45) is 5.92 Å². The first-order valence-corrected chi connectivity index (χ1v) is 15.9. The molecule has 21 heteroatoms. The molecule has 2 saturated heterocycles. The molecule has 6 heterocycles. The van der Waals surface area contributed by atoms with Crippen molar-refractivity contribution >= 4 is 53.1 Å². The Kier molecular flexibility index (Phi) is 8.09. The van der Waals surface area contributed by atoms with E-state index in [9.17, 15) is 9.36 Å². The maximum absolute atomic E-state index is 15.7. The molecule has 0 aliphatic carbocycles. The summed E-state index contributed by atoms with van der Waals surface area (Å²) in [6.45, 7) is -2.90. The average molecular weight is 642 g/mol. The molecule has 0 spiro atoms. The fourth-order valence-electron chi connectivity index (χ4n) is 5.45. The number of nitrogens with one attached hydrogen (secondary N) is 1. The molecule has 4 aromatic rings. The predicted octanol–water partition coefficient (Wildman–Crippen LogP) is 1.50. The molecule has 2 aliphatic rings. The lowest BCUT2D eigenvalue weighted by Crippen LogP contribution is -2.30. The van der Waals surface area contributed by atoms with Crippen LogP contribution < -0.4 is 17.0 Å². The molecule has 18 nitrogen and oxygen atoms in total. The van der Waals surface area contributed by atoms with E-state index in [0.29, 0.717) is 30.4 Å². The lowest BCUT2D eigenvalue weighted by atomic mass is 9.91. The third kappa shape index (κ3) is 5.70. The van der Waals surface area contributed by atoms with Crippen molar-refractivity contribution in [1.82, 2.24) is 44.5 Å². The van der Waals surface area contributed by atoms with Crippen LogP contribution in [0.3, 0.4) is 0 Å². The van der Waals surface area contributed by atoms with Crippen LogP contribution in [0.2, 0.25) is 0 Å². The van der Waals surface area contributed by atoms with Crippen LogP contribution in [0.1, 0.15) is 38.6 Å². The van der Waals surface area contributed by atoms with Crippen LogP contribution >= 0.6 is 19.0 Å². The van der Waals surface area contributed by atoms with Crippen LogP contribution in [0.5, 0.6) is 0 Å². The Hall–Kier alpha value is -3.26. The second-order valence-corrected chi connectivity index (χ2v) is 13.0. The molecule has 8 atom stereocenters. The third-order valence-corrected chi connectivity index (χ3v) is 8.97. The van der Waals surface area contributed by atoms with E-state index in [1.807, 2.05) is 0 Å². The number of H-pyrrole nitrogens is 1. The Morgan fingerprint density at radius 1 is 1.16 bits per heavy atom. The number of hydrogen-bond acceptors (Lipinski definition) is 15. The number of imidazole rings is 1. The third-order valence-electron chi connectivity index (χ3n) is 7.40. The summed E-state index contributed by atoms with van der Waals surface area (Å²) in [5.74, 6) is -0.286. The lowest BCUT2D eigenvalue weighted by molar-refractivity contribution is -0.154. The predicted molar refractivity (Wildman–Crippen MR) is 150 cm³/mol. The Morgan fingerprint density at radius 2 is 1.98 bits per heavy atom. The van der Waals surface area contributed by atoms with Crippen molar-refractivity contribution in [2.45, 2.75) is 63.3 Å². The minimum atomic E-state index is -4.36. The second-order valence-electron chi connectivity index (χ2n) is 10.2. The molecular formula is C22H29FN11O7PS. The number of rotatable bonds is 3. The number of methoxy groups -OCH3 is 1. The van der Waals surface area contributed by atoms with E-state index in [4.69, 9.17) is 34.7 Å². The van der Waals surface area contributed by atoms with Gasteiger partial charge in [-0.25, -0.2) is 23.9 Å². The molecular weight excluding hydrogens is 612 g/mol. The number of alkyl halides is 1. The Morgan fingerprint density at radius 3 is 2.77 bits per heavy atom. The molecule has 1 unspecified atom stereocenters. The van der Waals surface area contributed by atoms with Crippen molar-refractivity contribution in [3.63, 3.8) is 0 Å². The Balaban J connectivity index is 1.28. The highest BCUT2D eigenvalue weighted by molar-refractivity contribution is 8.44. The summed E-state index contributed by atoms with van der Waals surface area (Å²) >= 11 is 4.00. The minimum Gasteiger partial charge on any atom is -0.382 e. The van der Waals surface area contributed by atoms with E-state index in [1.54, 1.807) is 18.6 Å². The van der Waals surface area contributed by atoms with Gasteiger partial charge in [0.1, 0.15) is 17.9 Å². The topological polar surface area (TPSA) is 235 Å². The first-order valence-electron chi connectivity index (χ1n) is 13.2. The maximum atomic E-state index is 15.7. The normalized spacial score (nSPS) is 32.7. The van der Waals surface area contributed by atoms with Gasteiger partial charge in [0.2, 0.25) is 12.2 Å². The molecule has 0 bridgehead atoms. The lowest BCUT2D eigenvalue weighted by Gasteiger charge is -2.26. The van der Waals surface area contributed by atoms with Gasteiger partial charge in [-0.05, 0) is 19.8 Å². The first kappa shape index (κ1) is 29.8. The molecule has 2 fully saturated rings. The van der Waals surface area contributed by atoms with Gasteiger partial charge in [0, 0.05) is 13.0 Å². The SMILES string of the molecule is CO[C@@H]1[C@@H]2CCC[C@H](C)O[C@@H](n3nnc4c(=O)[nH]c(N)nc43)[C@@H](F)OP(=O)(S)OC[C@H]2O[C@H]1n1cnc2c(N)ncnc21. The fourth-order valence-corrected chi connectivity index (χ4v) is 6.67. The number of nitrogens with two attached hydrogens (primary N) is 2. The molecule has 43 heavy (non-hydrogen) atoms.